The Morgan fingerprint density at radius 1 is 1.44 bits per heavy atom. The Morgan fingerprint density at radius 3 is 2.83 bits per heavy atom. The molecule has 1 aromatic rings. The number of hydrogen-bond donors (Lipinski definition) is 1. The van der Waals surface area contributed by atoms with Gasteiger partial charge in [0.15, 0.2) is 9.84 Å². The SMILES string of the molecule is CNCCC1CS(=O)(=O)c2ccc(C)cc2N1C. The second kappa shape index (κ2) is 4.90. The smallest absolute Gasteiger partial charge is 0.182 e. The first kappa shape index (κ1) is 13.4. The Labute approximate surface area is 109 Å². The van der Waals surface area contributed by atoms with E-state index in [1.165, 1.54) is 0 Å². The van der Waals surface area contributed by atoms with E-state index in [9.17, 15) is 8.42 Å². The molecule has 5 heteroatoms. The fourth-order valence-corrected chi connectivity index (χ4v) is 4.28. The molecule has 2 rings (SSSR count). The molecule has 0 aliphatic carbocycles. The van der Waals surface area contributed by atoms with Gasteiger partial charge in [-0.05, 0) is 44.6 Å². The number of benzene rings is 1. The molecule has 1 heterocycles. The van der Waals surface area contributed by atoms with Gasteiger partial charge in [0.2, 0.25) is 0 Å². The molecule has 0 aromatic heterocycles. The van der Waals surface area contributed by atoms with Gasteiger partial charge in [0.05, 0.1) is 16.3 Å². The van der Waals surface area contributed by atoms with Crippen molar-refractivity contribution in [3.8, 4) is 0 Å². The molecule has 1 N–H and O–H groups in total. The third-order valence-corrected chi connectivity index (χ3v) is 5.36. The summed E-state index contributed by atoms with van der Waals surface area (Å²) in [5.41, 5.74) is 1.92. The largest absolute Gasteiger partial charge is 0.369 e. The fourth-order valence-electron chi connectivity index (χ4n) is 2.41. The quantitative estimate of drug-likeness (QED) is 0.895. The van der Waals surface area contributed by atoms with Crippen LogP contribution in [0.1, 0.15) is 12.0 Å². The van der Waals surface area contributed by atoms with Gasteiger partial charge in [0.1, 0.15) is 0 Å². The molecule has 0 spiro atoms. The monoisotopic (exact) mass is 268 g/mol. The highest BCUT2D eigenvalue weighted by atomic mass is 32.2. The maximum atomic E-state index is 12.3. The predicted molar refractivity (Wildman–Crippen MR) is 74.0 cm³/mol. The second-order valence-electron chi connectivity index (χ2n) is 4.91. The first-order chi connectivity index (χ1) is 8.45. The Hall–Kier alpha value is -1.07. The van der Waals surface area contributed by atoms with Crippen LogP contribution in [0.4, 0.5) is 5.69 Å². The number of sulfone groups is 1. The number of fused-ring (bicyclic) bond motifs is 1. The Kier molecular flexibility index (Phi) is 3.64. The number of rotatable bonds is 3. The summed E-state index contributed by atoms with van der Waals surface area (Å²) < 4.78 is 24.5. The molecule has 4 nitrogen and oxygen atoms in total. The molecule has 1 aliphatic rings. The number of anilines is 1. The van der Waals surface area contributed by atoms with Crippen LogP contribution >= 0.6 is 0 Å². The molecule has 0 radical (unpaired) electrons. The van der Waals surface area contributed by atoms with Crippen LogP contribution < -0.4 is 10.2 Å². The maximum absolute atomic E-state index is 12.3. The molecule has 0 fully saturated rings. The van der Waals surface area contributed by atoms with Crippen molar-refractivity contribution >= 4 is 15.5 Å². The summed E-state index contributed by atoms with van der Waals surface area (Å²) in [5.74, 6) is 0.210. The highest BCUT2D eigenvalue weighted by Crippen LogP contribution is 2.33. The van der Waals surface area contributed by atoms with E-state index < -0.39 is 9.84 Å². The summed E-state index contributed by atoms with van der Waals surface area (Å²) in [4.78, 5) is 2.57. The van der Waals surface area contributed by atoms with E-state index in [0.717, 1.165) is 24.2 Å². The normalized spacial score (nSPS) is 21.7. The number of hydrogen-bond acceptors (Lipinski definition) is 4. The van der Waals surface area contributed by atoms with E-state index in [2.05, 4.69) is 10.2 Å². The first-order valence-corrected chi connectivity index (χ1v) is 7.82. The Bertz CT molecular complexity index is 540. The van der Waals surface area contributed by atoms with E-state index >= 15 is 0 Å². The summed E-state index contributed by atoms with van der Waals surface area (Å²) >= 11 is 0. The van der Waals surface area contributed by atoms with Gasteiger partial charge in [-0.25, -0.2) is 8.42 Å². The van der Waals surface area contributed by atoms with Gasteiger partial charge in [-0.1, -0.05) is 6.07 Å². The van der Waals surface area contributed by atoms with Crippen molar-refractivity contribution in [1.29, 1.82) is 0 Å². The molecule has 1 atom stereocenters. The first-order valence-electron chi connectivity index (χ1n) is 6.16. The maximum Gasteiger partial charge on any atom is 0.182 e. The highest BCUT2D eigenvalue weighted by Gasteiger charge is 2.33. The number of aryl methyl sites for hydroxylation is 1. The highest BCUT2D eigenvalue weighted by molar-refractivity contribution is 7.91. The molecule has 1 aromatic carbocycles. The third-order valence-electron chi connectivity index (χ3n) is 3.52. The molecule has 1 aliphatic heterocycles. The minimum absolute atomic E-state index is 0.0525. The number of nitrogens with zero attached hydrogens (tertiary/aromatic N) is 1. The topological polar surface area (TPSA) is 49.4 Å². The predicted octanol–water partition coefficient (Wildman–Crippen LogP) is 1.20. The minimum atomic E-state index is -3.14. The third kappa shape index (κ3) is 2.37. The average molecular weight is 268 g/mol. The van der Waals surface area contributed by atoms with Crippen molar-refractivity contribution in [1.82, 2.24) is 5.32 Å². The lowest BCUT2D eigenvalue weighted by molar-refractivity contribution is 0.550. The van der Waals surface area contributed by atoms with Gasteiger partial charge in [-0.15, -0.1) is 0 Å². The van der Waals surface area contributed by atoms with Gasteiger partial charge in [0, 0.05) is 13.1 Å². The van der Waals surface area contributed by atoms with Gasteiger partial charge >= 0.3 is 0 Å². The minimum Gasteiger partial charge on any atom is -0.369 e. The van der Waals surface area contributed by atoms with Gasteiger partial charge < -0.3 is 10.2 Å². The zero-order chi connectivity index (χ0) is 13.3. The lowest BCUT2D eigenvalue weighted by Gasteiger charge is -2.36. The van der Waals surface area contributed by atoms with Gasteiger partial charge in [-0.3, -0.25) is 0 Å². The fraction of sp³-hybridized carbons (Fsp3) is 0.538. The Morgan fingerprint density at radius 2 is 2.17 bits per heavy atom. The molecule has 100 valence electrons. The molecule has 0 saturated carbocycles. The standard InChI is InChI=1S/C13H20N2O2S/c1-10-4-5-13-12(8-10)15(3)11(6-7-14-2)9-18(13,16)17/h4-5,8,11,14H,6-7,9H2,1-3H3. The summed E-state index contributed by atoms with van der Waals surface area (Å²) in [6.45, 7) is 2.81. The van der Waals surface area contributed by atoms with Gasteiger partial charge in [0.25, 0.3) is 0 Å². The lowest BCUT2D eigenvalue weighted by atomic mass is 10.1. The van der Waals surface area contributed by atoms with E-state index in [1.54, 1.807) is 6.07 Å². The van der Waals surface area contributed by atoms with Crippen LogP contribution in [0.5, 0.6) is 0 Å². The van der Waals surface area contributed by atoms with E-state index in [4.69, 9.17) is 0 Å². The van der Waals surface area contributed by atoms with E-state index in [-0.39, 0.29) is 11.8 Å². The van der Waals surface area contributed by atoms with Crippen molar-refractivity contribution in [2.45, 2.75) is 24.3 Å². The summed E-state index contributed by atoms with van der Waals surface area (Å²) in [7, 11) is 0.723. The van der Waals surface area contributed by atoms with Crippen LogP contribution in [0.2, 0.25) is 0 Å². The van der Waals surface area contributed by atoms with Crippen LogP contribution in [0.25, 0.3) is 0 Å². The van der Waals surface area contributed by atoms with Crippen molar-refractivity contribution in [2.75, 3.05) is 31.3 Å². The molecule has 18 heavy (non-hydrogen) atoms. The zero-order valence-electron chi connectivity index (χ0n) is 11.1. The molecular formula is C13H20N2O2S. The van der Waals surface area contributed by atoms with Crippen molar-refractivity contribution in [3.05, 3.63) is 23.8 Å². The summed E-state index contributed by atoms with van der Waals surface area (Å²) in [5, 5.41) is 3.08. The van der Waals surface area contributed by atoms with Gasteiger partial charge in [-0.2, -0.15) is 0 Å². The second-order valence-corrected chi connectivity index (χ2v) is 6.91. The number of nitrogens with one attached hydrogen (secondary N) is 1. The summed E-state index contributed by atoms with van der Waals surface area (Å²) in [6, 6.07) is 5.60. The lowest BCUT2D eigenvalue weighted by Crippen LogP contribution is -2.43. The van der Waals surface area contributed by atoms with Crippen molar-refractivity contribution in [2.24, 2.45) is 0 Å². The molecule has 1 unspecified atom stereocenters. The van der Waals surface area contributed by atoms with Crippen LogP contribution in [0.3, 0.4) is 0 Å². The zero-order valence-corrected chi connectivity index (χ0v) is 11.9. The van der Waals surface area contributed by atoms with E-state index in [1.807, 2.05) is 33.2 Å². The average Bonchev–Trinajstić information content (AvgIpc) is 2.31. The molecule has 0 bridgehead atoms. The van der Waals surface area contributed by atoms with Crippen LogP contribution in [0.15, 0.2) is 23.1 Å². The van der Waals surface area contributed by atoms with E-state index in [0.29, 0.717) is 4.90 Å². The van der Waals surface area contributed by atoms with Crippen LogP contribution in [-0.4, -0.2) is 40.9 Å². The molecular weight excluding hydrogens is 248 g/mol. The molecule has 0 amide bonds. The molecule has 0 saturated heterocycles. The van der Waals surface area contributed by atoms with Crippen molar-refractivity contribution < 1.29 is 8.42 Å². The van der Waals surface area contributed by atoms with Crippen molar-refractivity contribution in [3.63, 3.8) is 0 Å². The van der Waals surface area contributed by atoms with Crippen LogP contribution in [-0.2, 0) is 9.84 Å². The summed E-state index contributed by atoms with van der Waals surface area (Å²) in [6.07, 6.45) is 0.833. The Balaban J connectivity index is 2.42. The van der Waals surface area contributed by atoms with Crippen LogP contribution in [0, 0.1) is 6.92 Å².